The van der Waals surface area contributed by atoms with Crippen molar-refractivity contribution in [1.29, 1.82) is 0 Å². The van der Waals surface area contributed by atoms with Crippen LogP contribution in [0, 0.1) is 0 Å². The molecule has 25 heavy (non-hydrogen) atoms. The van der Waals surface area contributed by atoms with Crippen molar-refractivity contribution in [2.45, 2.75) is 25.7 Å². The summed E-state index contributed by atoms with van der Waals surface area (Å²) >= 11 is 1.61. The van der Waals surface area contributed by atoms with Gasteiger partial charge in [-0.05, 0) is 37.8 Å². The summed E-state index contributed by atoms with van der Waals surface area (Å²) in [5, 5.41) is 0.731. The summed E-state index contributed by atoms with van der Waals surface area (Å²) in [6, 6.07) is 5.20. The predicted octanol–water partition coefficient (Wildman–Crippen LogP) is 3.87. The fraction of sp³-hybridized carbons (Fsp3) is 0.368. The van der Waals surface area contributed by atoms with Crippen molar-refractivity contribution in [3.8, 4) is 11.5 Å². The number of hydrogen-bond acceptors (Lipinski definition) is 5. The van der Waals surface area contributed by atoms with Gasteiger partial charge in [0.2, 0.25) is 0 Å². The van der Waals surface area contributed by atoms with E-state index < -0.39 is 0 Å². The first-order valence-electron chi connectivity index (χ1n) is 8.31. The van der Waals surface area contributed by atoms with Crippen molar-refractivity contribution in [2.75, 3.05) is 25.7 Å². The molecule has 6 heteroatoms. The largest absolute Gasteiger partial charge is 0.497 e. The van der Waals surface area contributed by atoms with Crippen molar-refractivity contribution in [3.05, 3.63) is 47.0 Å². The number of amides is 1. The topological polar surface area (TPSA) is 51.7 Å². The van der Waals surface area contributed by atoms with Gasteiger partial charge in [-0.25, -0.2) is 4.98 Å². The second-order valence-corrected chi connectivity index (χ2v) is 6.91. The lowest BCUT2D eigenvalue weighted by Gasteiger charge is -2.19. The zero-order valence-electron chi connectivity index (χ0n) is 14.6. The summed E-state index contributed by atoms with van der Waals surface area (Å²) in [5.74, 6) is 0.985. The molecule has 0 saturated heterocycles. The van der Waals surface area contributed by atoms with E-state index in [4.69, 9.17) is 14.5 Å². The van der Waals surface area contributed by atoms with Crippen LogP contribution < -0.4 is 14.4 Å². The molecule has 0 bridgehead atoms. The maximum Gasteiger partial charge on any atom is 0.264 e. The molecular formula is C19H22N2O3S. The first-order valence-corrected chi connectivity index (χ1v) is 9.13. The molecule has 1 aromatic heterocycles. The van der Waals surface area contributed by atoms with E-state index in [1.165, 1.54) is 11.3 Å². The summed E-state index contributed by atoms with van der Waals surface area (Å²) in [7, 11) is 3.13. The smallest absolute Gasteiger partial charge is 0.264 e. The normalized spacial score (nSPS) is 13.0. The Kier molecular flexibility index (Phi) is 5.38. The van der Waals surface area contributed by atoms with Crippen LogP contribution in [0.15, 0.2) is 30.9 Å². The van der Waals surface area contributed by atoms with Crippen LogP contribution in [0.2, 0.25) is 0 Å². The molecule has 1 amide bonds. The van der Waals surface area contributed by atoms with Gasteiger partial charge in [-0.15, -0.1) is 17.9 Å². The van der Waals surface area contributed by atoms with Gasteiger partial charge < -0.3 is 9.47 Å². The number of rotatable bonds is 6. The summed E-state index contributed by atoms with van der Waals surface area (Å²) in [5.41, 5.74) is 1.62. The minimum atomic E-state index is -0.148. The van der Waals surface area contributed by atoms with Crippen LogP contribution >= 0.6 is 11.3 Å². The monoisotopic (exact) mass is 358 g/mol. The third-order valence-electron chi connectivity index (χ3n) is 4.26. The minimum absolute atomic E-state index is 0.148. The fourth-order valence-electron chi connectivity index (χ4n) is 2.95. The standard InChI is InChI=1S/C19H22N2O3S/c1-4-11-21(19-20-15-7-5-6-8-17(15)25-19)18(22)14-10-9-13(23-2)12-16(14)24-3/h4,9-10,12H,1,5-8,11H2,2-3H3. The summed E-state index contributed by atoms with van der Waals surface area (Å²) in [4.78, 5) is 20.8. The highest BCUT2D eigenvalue weighted by molar-refractivity contribution is 7.16. The van der Waals surface area contributed by atoms with Crippen molar-refractivity contribution in [1.82, 2.24) is 4.98 Å². The zero-order valence-corrected chi connectivity index (χ0v) is 15.4. The van der Waals surface area contributed by atoms with Gasteiger partial charge in [0, 0.05) is 17.5 Å². The second kappa shape index (κ2) is 7.70. The highest BCUT2D eigenvalue weighted by Crippen LogP contribution is 2.34. The van der Waals surface area contributed by atoms with Gasteiger partial charge in [-0.1, -0.05) is 6.08 Å². The van der Waals surface area contributed by atoms with Crippen LogP contribution in [0.5, 0.6) is 11.5 Å². The molecule has 0 spiro atoms. The first-order chi connectivity index (χ1) is 12.2. The Balaban J connectivity index is 1.96. The summed E-state index contributed by atoms with van der Waals surface area (Å²) in [6.45, 7) is 4.19. The van der Waals surface area contributed by atoms with Crippen LogP contribution in [0.4, 0.5) is 5.13 Å². The molecule has 1 heterocycles. The van der Waals surface area contributed by atoms with E-state index in [0.29, 0.717) is 23.6 Å². The maximum atomic E-state index is 13.2. The number of anilines is 1. The van der Waals surface area contributed by atoms with Gasteiger partial charge in [-0.2, -0.15) is 0 Å². The third-order valence-corrected chi connectivity index (χ3v) is 5.44. The number of carbonyl (C=O) groups excluding carboxylic acids is 1. The maximum absolute atomic E-state index is 13.2. The zero-order chi connectivity index (χ0) is 17.8. The number of aryl methyl sites for hydroxylation is 2. The number of methoxy groups -OCH3 is 2. The van der Waals surface area contributed by atoms with Crippen molar-refractivity contribution < 1.29 is 14.3 Å². The van der Waals surface area contributed by atoms with Crippen LogP contribution in [-0.4, -0.2) is 31.7 Å². The Hall–Kier alpha value is -2.34. The molecule has 132 valence electrons. The van der Waals surface area contributed by atoms with Gasteiger partial charge in [0.25, 0.3) is 5.91 Å². The third kappa shape index (κ3) is 3.54. The molecule has 0 unspecified atom stereocenters. The molecule has 5 nitrogen and oxygen atoms in total. The molecule has 1 aliphatic rings. The minimum Gasteiger partial charge on any atom is -0.497 e. The Labute approximate surface area is 151 Å². The molecule has 0 aliphatic heterocycles. The molecule has 0 fully saturated rings. The van der Waals surface area contributed by atoms with Gasteiger partial charge in [0.15, 0.2) is 5.13 Å². The van der Waals surface area contributed by atoms with Gasteiger partial charge in [0.1, 0.15) is 11.5 Å². The Morgan fingerprint density at radius 3 is 2.80 bits per heavy atom. The SMILES string of the molecule is C=CCN(C(=O)c1ccc(OC)cc1OC)c1nc2c(s1)CCCC2. The van der Waals surface area contributed by atoms with Gasteiger partial charge >= 0.3 is 0 Å². The van der Waals surface area contributed by atoms with Crippen molar-refractivity contribution in [3.63, 3.8) is 0 Å². The van der Waals surface area contributed by atoms with E-state index in [0.717, 1.165) is 30.1 Å². The Morgan fingerprint density at radius 2 is 2.12 bits per heavy atom. The van der Waals surface area contributed by atoms with E-state index in [2.05, 4.69) is 6.58 Å². The average Bonchev–Trinajstić information content (AvgIpc) is 3.08. The lowest BCUT2D eigenvalue weighted by molar-refractivity contribution is 0.0986. The second-order valence-electron chi connectivity index (χ2n) is 5.84. The number of hydrogen-bond donors (Lipinski definition) is 0. The number of aromatic nitrogens is 1. The summed E-state index contributed by atoms with van der Waals surface area (Å²) < 4.78 is 10.6. The molecule has 3 rings (SSSR count). The predicted molar refractivity (Wildman–Crippen MR) is 100 cm³/mol. The number of fused-ring (bicyclic) bond motifs is 1. The quantitative estimate of drug-likeness (QED) is 0.736. The highest BCUT2D eigenvalue weighted by Gasteiger charge is 2.25. The highest BCUT2D eigenvalue weighted by atomic mass is 32.1. The molecule has 1 aliphatic carbocycles. The van der Waals surface area contributed by atoms with Crippen LogP contribution in [0.3, 0.4) is 0 Å². The van der Waals surface area contributed by atoms with Crippen LogP contribution in [0.25, 0.3) is 0 Å². The average molecular weight is 358 g/mol. The molecule has 0 saturated carbocycles. The number of thiazole rings is 1. The molecule has 0 N–H and O–H groups in total. The van der Waals surface area contributed by atoms with E-state index in [9.17, 15) is 4.79 Å². The number of benzene rings is 1. The van der Waals surface area contributed by atoms with E-state index in [1.54, 1.807) is 54.7 Å². The fourth-order valence-corrected chi connectivity index (χ4v) is 4.11. The van der Waals surface area contributed by atoms with Gasteiger partial charge in [-0.3, -0.25) is 9.69 Å². The van der Waals surface area contributed by atoms with Crippen molar-refractivity contribution in [2.24, 2.45) is 0 Å². The number of carbonyl (C=O) groups is 1. The first kappa shape index (κ1) is 17.5. The number of ether oxygens (including phenoxy) is 2. The lowest BCUT2D eigenvalue weighted by atomic mass is 10.0. The number of nitrogens with zero attached hydrogens (tertiary/aromatic N) is 2. The van der Waals surface area contributed by atoms with Gasteiger partial charge in [0.05, 0.1) is 25.5 Å². The van der Waals surface area contributed by atoms with E-state index >= 15 is 0 Å². The molecular weight excluding hydrogens is 336 g/mol. The molecule has 0 radical (unpaired) electrons. The Bertz CT molecular complexity index is 761. The molecule has 1 aromatic carbocycles. The Morgan fingerprint density at radius 1 is 1.32 bits per heavy atom. The van der Waals surface area contributed by atoms with Crippen LogP contribution in [0.1, 0.15) is 33.8 Å². The summed E-state index contributed by atoms with van der Waals surface area (Å²) in [6.07, 6.45) is 6.12. The van der Waals surface area contributed by atoms with E-state index in [-0.39, 0.29) is 5.91 Å². The van der Waals surface area contributed by atoms with E-state index in [1.807, 2.05) is 0 Å². The van der Waals surface area contributed by atoms with Crippen LogP contribution in [-0.2, 0) is 12.8 Å². The lowest BCUT2D eigenvalue weighted by Crippen LogP contribution is -2.31. The molecule has 2 aromatic rings. The molecule has 0 atom stereocenters. The van der Waals surface area contributed by atoms with Crippen molar-refractivity contribution >= 4 is 22.4 Å².